The Morgan fingerprint density at radius 2 is 2.06 bits per heavy atom. The molecule has 0 spiro atoms. The molecule has 1 aromatic heterocycles. The van der Waals surface area contributed by atoms with Crippen LogP contribution in [0, 0.1) is 5.92 Å². The van der Waals surface area contributed by atoms with Gasteiger partial charge in [-0.3, -0.25) is 9.78 Å². The van der Waals surface area contributed by atoms with Crippen molar-refractivity contribution in [2.45, 2.75) is 12.8 Å². The van der Waals surface area contributed by atoms with Crippen LogP contribution in [0.2, 0.25) is 0 Å². The molecule has 0 atom stereocenters. The molecule has 0 unspecified atom stereocenters. The zero-order valence-electron chi connectivity index (χ0n) is 8.77. The maximum absolute atomic E-state index is 11.5. The lowest BCUT2D eigenvalue weighted by atomic mass is 9.98. The number of aromatic amines is 2. The van der Waals surface area contributed by atoms with Gasteiger partial charge in [-0.25, -0.2) is 9.89 Å². The first-order chi connectivity index (χ1) is 7.70. The summed E-state index contributed by atoms with van der Waals surface area (Å²) in [6.45, 7) is 1.53. The van der Waals surface area contributed by atoms with Crippen molar-refractivity contribution in [3.05, 3.63) is 20.8 Å². The van der Waals surface area contributed by atoms with Gasteiger partial charge in [0, 0.05) is 19.7 Å². The topological polar surface area (TPSA) is 102 Å². The first-order valence-electron chi connectivity index (χ1n) is 5.25. The summed E-state index contributed by atoms with van der Waals surface area (Å²) in [6, 6.07) is 0. The predicted molar refractivity (Wildman–Crippen MR) is 57.5 cm³/mol. The molecular weight excluding hydrogens is 212 g/mol. The summed E-state index contributed by atoms with van der Waals surface area (Å²) in [7, 11) is 0. The van der Waals surface area contributed by atoms with Gasteiger partial charge in [0.25, 0.3) is 5.56 Å². The highest BCUT2D eigenvalue weighted by molar-refractivity contribution is 5.34. The van der Waals surface area contributed by atoms with Crippen LogP contribution in [0.3, 0.4) is 0 Å². The summed E-state index contributed by atoms with van der Waals surface area (Å²) in [4.78, 5) is 26.2. The van der Waals surface area contributed by atoms with Crippen LogP contribution in [0.15, 0.2) is 9.59 Å². The molecule has 0 bridgehead atoms. The molecule has 2 rings (SSSR count). The molecule has 1 aromatic rings. The highest BCUT2D eigenvalue weighted by Crippen LogP contribution is 2.18. The Morgan fingerprint density at radius 3 is 2.62 bits per heavy atom. The van der Waals surface area contributed by atoms with Crippen LogP contribution in [-0.2, 0) is 0 Å². The van der Waals surface area contributed by atoms with Gasteiger partial charge >= 0.3 is 5.69 Å². The Balaban J connectivity index is 2.14. The SMILES string of the molecule is O=c1[nH]nc(N2CCC(CO)CC2)c(=O)[nH]1. The van der Waals surface area contributed by atoms with E-state index in [1.165, 1.54) is 0 Å². The van der Waals surface area contributed by atoms with E-state index in [2.05, 4.69) is 15.2 Å². The summed E-state index contributed by atoms with van der Waals surface area (Å²) < 4.78 is 0. The minimum Gasteiger partial charge on any atom is -0.396 e. The van der Waals surface area contributed by atoms with Gasteiger partial charge in [0.15, 0.2) is 0 Å². The first kappa shape index (κ1) is 10.9. The molecule has 88 valence electrons. The summed E-state index contributed by atoms with van der Waals surface area (Å²) in [5.74, 6) is 0.550. The van der Waals surface area contributed by atoms with E-state index in [0.29, 0.717) is 19.0 Å². The quantitative estimate of drug-likeness (QED) is 0.579. The van der Waals surface area contributed by atoms with Crippen molar-refractivity contribution in [2.75, 3.05) is 24.6 Å². The fourth-order valence-electron chi connectivity index (χ4n) is 1.88. The minimum atomic E-state index is -0.598. The largest absolute Gasteiger partial charge is 0.396 e. The third-order valence-electron chi connectivity index (χ3n) is 2.87. The number of piperidine rings is 1. The average molecular weight is 226 g/mol. The predicted octanol–water partition coefficient (Wildman–Crippen LogP) is -1.33. The number of nitrogens with zero attached hydrogens (tertiary/aromatic N) is 2. The van der Waals surface area contributed by atoms with Crippen molar-refractivity contribution in [2.24, 2.45) is 5.92 Å². The van der Waals surface area contributed by atoms with Crippen molar-refractivity contribution in [3.63, 3.8) is 0 Å². The van der Waals surface area contributed by atoms with Gasteiger partial charge < -0.3 is 10.0 Å². The standard InChI is InChI=1S/C9H14N4O3/c14-5-6-1-3-13(4-2-6)7-8(15)10-9(16)12-11-7/h6,14H,1-5H2,(H2,10,12,15,16). The molecule has 0 radical (unpaired) electrons. The Kier molecular flexibility index (Phi) is 3.04. The number of anilines is 1. The number of aromatic nitrogens is 3. The highest BCUT2D eigenvalue weighted by atomic mass is 16.3. The average Bonchev–Trinajstić information content (AvgIpc) is 2.29. The van der Waals surface area contributed by atoms with Crippen LogP contribution in [0.4, 0.5) is 5.82 Å². The molecule has 7 nitrogen and oxygen atoms in total. The van der Waals surface area contributed by atoms with E-state index in [4.69, 9.17) is 5.11 Å². The fourth-order valence-corrected chi connectivity index (χ4v) is 1.88. The lowest BCUT2D eigenvalue weighted by Crippen LogP contribution is -2.40. The Labute approximate surface area is 91.1 Å². The van der Waals surface area contributed by atoms with Crippen molar-refractivity contribution < 1.29 is 5.11 Å². The van der Waals surface area contributed by atoms with Crippen LogP contribution >= 0.6 is 0 Å². The highest BCUT2D eigenvalue weighted by Gasteiger charge is 2.21. The lowest BCUT2D eigenvalue weighted by Gasteiger charge is -2.30. The van der Waals surface area contributed by atoms with Gasteiger partial charge in [-0.15, -0.1) is 5.10 Å². The maximum Gasteiger partial charge on any atom is 0.342 e. The molecule has 7 heteroatoms. The van der Waals surface area contributed by atoms with Crippen molar-refractivity contribution in [1.82, 2.24) is 15.2 Å². The molecule has 2 heterocycles. The maximum atomic E-state index is 11.5. The third-order valence-corrected chi connectivity index (χ3v) is 2.87. The number of hydrogen-bond donors (Lipinski definition) is 3. The third kappa shape index (κ3) is 2.13. The monoisotopic (exact) mass is 226 g/mol. The second-order valence-corrected chi connectivity index (χ2v) is 3.94. The van der Waals surface area contributed by atoms with Crippen molar-refractivity contribution >= 4 is 5.82 Å². The van der Waals surface area contributed by atoms with Gasteiger partial charge in [-0.1, -0.05) is 0 Å². The minimum absolute atomic E-state index is 0.184. The molecule has 0 amide bonds. The zero-order chi connectivity index (χ0) is 11.5. The molecular formula is C9H14N4O3. The van der Waals surface area contributed by atoms with E-state index in [-0.39, 0.29) is 12.4 Å². The summed E-state index contributed by atoms with van der Waals surface area (Å²) in [6.07, 6.45) is 1.66. The molecule has 1 saturated heterocycles. The van der Waals surface area contributed by atoms with Crippen LogP contribution in [-0.4, -0.2) is 40.0 Å². The van der Waals surface area contributed by atoms with Gasteiger partial charge in [0.05, 0.1) is 0 Å². The van der Waals surface area contributed by atoms with Crippen LogP contribution < -0.4 is 16.1 Å². The molecule has 1 aliphatic rings. The second-order valence-electron chi connectivity index (χ2n) is 3.94. The lowest BCUT2D eigenvalue weighted by molar-refractivity contribution is 0.202. The van der Waals surface area contributed by atoms with Gasteiger partial charge in [-0.2, -0.15) is 0 Å². The number of aliphatic hydroxyl groups is 1. The Morgan fingerprint density at radius 1 is 1.38 bits per heavy atom. The Hall–Kier alpha value is -1.63. The fraction of sp³-hybridized carbons (Fsp3) is 0.667. The molecule has 0 aromatic carbocycles. The molecule has 16 heavy (non-hydrogen) atoms. The smallest absolute Gasteiger partial charge is 0.342 e. The molecule has 0 saturated carbocycles. The Bertz CT molecular complexity index is 458. The molecule has 0 aliphatic carbocycles. The van der Waals surface area contributed by atoms with Crippen molar-refractivity contribution in [1.29, 1.82) is 0 Å². The van der Waals surface area contributed by atoms with Crippen LogP contribution in [0.25, 0.3) is 0 Å². The first-order valence-corrected chi connectivity index (χ1v) is 5.25. The van der Waals surface area contributed by atoms with Gasteiger partial charge in [-0.05, 0) is 18.8 Å². The summed E-state index contributed by atoms with van der Waals surface area (Å²) in [5.41, 5.74) is -1.06. The molecule has 1 fully saturated rings. The van der Waals surface area contributed by atoms with E-state index >= 15 is 0 Å². The van der Waals surface area contributed by atoms with E-state index in [9.17, 15) is 9.59 Å². The van der Waals surface area contributed by atoms with Crippen molar-refractivity contribution in [3.8, 4) is 0 Å². The van der Waals surface area contributed by atoms with E-state index in [1.807, 2.05) is 4.90 Å². The number of aliphatic hydroxyl groups excluding tert-OH is 1. The summed E-state index contributed by atoms with van der Waals surface area (Å²) in [5, 5.41) is 14.9. The number of nitrogens with one attached hydrogen (secondary N) is 2. The van der Waals surface area contributed by atoms with Gasteiger partial charge in [0.1, 0.15) is 0 Å². The van der Waals surface area contributed by atoms with E-state index in [1.54, 1.807) is 0 Å². The number of rotatable bonds is 2. The number of hydrogen-bond acceptors (Lipinski definition) is 5. The van der Waals surface area contributed by atoms with Crippen LogP contribution in [0.5, 0.6) is 0 Å². The van der Waals surface area contributed by atoms with Crippen LogP contribution in [0.1, 0.15) is 12.8 Å². The number of H-pyrrole nitrogens is 2. The second kappa shape index (κ2) is 4.48. The zero-order valence-corrected chi connectivity index (χ0v) is 8.77. The van der Waals surface area contributed by atoms with E-state index in [0.717, 1.165) is 12.8 Å². The molecule has 1 aliphatic heterocycles. The summed E-state index contributed by atoms with van der Waals surface area (Å²) >= 11 is 0. The van der Waals surface area contributed by atoms with Gasteiger partial charge in [0.2, 0.25) is 5.82 Å². The molecule has 3 N–H and O–H groups in total. The normalized spacial score (nSPS) is 17.7. The van der Waals surface area contributed by atoms with E-state index < -0.39 is 11.2 Å².